The summed E-state index contributed by atoms with van der Waals surface area (Å²) in [5.74, 6) is 1.71. The van der Waals surface area contributed by atoms with Crippen LogP contribution in [0.25, 0.3) is 0 Å². The van der Waals surface area contributed by atoms with Crippen molar-refractivity contribution >= 4 is 11.4 Å². The van der Waals surface area contributed by atoms with Crippen molar-refractivity contribution in [2.75, 3.05) is 19.8 Å². The van der Waals surface area contributed by atoms with Gasteiger partial charge in [0.25, 0.3) is 0 Å². The van der Waals surface area contributed by atoms with Gasteiger partial charge in [-0.2, -0.15) is 10.2 Å². The fourth-order valence-corrected chi connectivity index (χ4v) is 3.47. The Morgan fingerprint density at radius 3 is 1.66 bits per heavy atom. The summed E-state index contributed by atoms with van der Waals surface area (Å²) in [6.45, 7) is 4.45. The molecule has 1 atom stereocenters. The van der Waals surface area contributed by atoms with E-state index in [1.54, 1.807) is 0 Å². The number of epoxide rings is 1. The molecule has 0 spiro atoms. The van der Waals surface area contributed by atoms with Crippen molar-refractivity contribution in [3.05, 3.63) is 48.5 Å². The molecule has 0 aromatic heterocycles. The molecule has 0 N–H and O–H groups in total. The molecule has 32 heavy (non-hydrogen) atoms. The highest BCUT2D eigenvalue weighted by Crippen LogP contribution is 2.24. The molecule has 0 bridgehead atoms. The van der Waals surface area contributed by atoms with Crippen molar-refractivity contribution < 1.29 is 14.2 Å². The Morgan fingerprint density at radius 1 is 0.688 bits per heavy atom. The van der Waals surface area contributed by atoms with Gasteiger partial charge in [-0.15, -0.1) is 0 Å². The predicted molar refractivity (Wildman–Crippen MR) is 130 cm³/mol. The zero-order valence-electron chi connectivity index (χ0n) is 19.5. The number of hydrogen-bond donors (Lipinski definition) is 0. The minimum absolute atomic E-state index is 0.260. The SMILES string of the molecule is CCCCCCCCCCCCOc1ccc(N=Nc2ccc(OCC3CO3)cc2)cc1. The Labute approximate surface area is 193 Å². The van der Waals surface area contributed by atoms with Gasteiger partial charge in [0.05, 0.1) is 24.6 Å². The number of azo groups is 1. The van der Waals surface area contributed by atoms with Crippen LogP contribution in [0.5, 0.6) is 11.5 Å². The van der Waals surface area contributed by atoms with Gasteiger partial charge in [-0.3, -0.25) is 0 Å². The van der Waals surface area contributed by atoms with E-state index in [1.165, 1.54) is 57.8 Å². The van der Waals surface area contributed by atoms with E-state index in [2.05, 4.69) is 17.2 Å². The van der Waals surface area contributed by atoms with Gasteiger partial charge in [-0.05, 0) is 55.0 Å². The molecule has 0 saturated carbocycles. The Morgan fingerprint density at radius 2 is 1.16 bits per heavy atom. The van der Waals surface area contributed by atoms with E-state index in [-0.39, 0.29) is 6.10 Å². The van der Waals surface area contributed by atoms with Crippen LogP contribution in [0.15, 0.2) is 58.8 Å². The molecule has 1 heterocycles. The van der Waals surface area contributed by atoms with Gasteiger partial charge in [0, 0.05) is 0 Å². The summed E-state index contributed by atoms with van der Waals surface area (Å²) in [5, 5.41) is 8.59. The first-order chi connectivity index (χ1) is 15.8. The minimum Gasteiger partial charge on any atom is -0.494 e. The van der Waals surface area contributed by atoms with Crippen molar-refractivity contribution in [3.63, 3.8) is 0 Å². The normalized spacial score (nSPS) is 15.2. The second-order valence-electron chi connectivity index (χ2n) is 8.48. The highest BCUT2D eigenvalue weighted by atomic mass is 16.6. The lowest BCUT2D eigenvalue weighted by Crippen LogP contribution is -2.03. The van der Waals surface area contributed by atoms with Crippen molar-refractivity contribution in [3.8, 4) is 11.5 Å². The summed E-state index contributed by atoms with van der Waals surface area (Å²) >= 11 is 0. The number of hydrogen-bond acceptors (Lipinski definition) is 5. The minimum atomic E-state index is 0.260. The summed E-state index contributed by atoms with van der Waals surface area (Å²) in [7, 11) is 0. The summed E-state index contributed by atoms with van der Waals surface area (Å²) < 4.78 is 16.6. The van der Waals surface area contributed by atoms with Gasteiger partial charge >= 0.3 is 0 Å². The van der Waals surface area contributed by atoms with E-state index in [1.807, 2.05) is 48.5 Å². The summed E-state index contributed by atoms with van der Waals surface area (Å²) in [4.78, 5) is 0. The Bertz CT molecular complexity index is 770. The Hall–Kier alpha value is -2.40. The molecule has 0 radical (unpaired) electrons. The second kappa shape index (κ2) is 14.6. The second-order valence-corrected chi connectivity index (χ2v) is 8.48. The lowest BCUT2D eigenvalue weighted by Gasteiger charge is -2.06. The zero-order chi connectivity index (χ0) is 22.3. The lowest BCUT2D eigenvalue weighted by atomic mass is 10.1. The van der Waals surface area contributed by atoms with Crippen molar-refractivity contribution in [1.29, 1.82) is 0 Å². The maximum atomic E-state index is 5.86. The standard InChI is InChI=1S/C27H38N2O3/c1-2-3-4-5-6-7-8-9-10-11-20-30-25-16-12-23(13-17-25)28-29-24-14-18-26(19-15-24)31-21-27-22-32-27/h12-19,27H,2-11,20-22H2,1H3. The van der Waals surface area contributed by atoms with E-state index >= 15 is 0 Å². The molecule has 1 aliphatic rings. The third-order valence-electron chi connectivity index (χ3n) is 5.56. The zero-order valence-corrected chi connectivity index (χ0v) is 19.5. The van der Waals surface area contributed by atoms with E-state index in [0.717, 1.165) is 42.5 Å². The molecular weight excluding hydrogens is 400 g/mol. The highest BCUT2D eigenvalue weighted by Gasteiger charge is 2.22. The van der Waals surface area contributed by atoms with E-state index in [4.69, 9.17) is 14.2 Å². The van der Waals surface area contributed by atoms with Crippen LogP contribution >= 0.6 is 0 Å². The van der Waals surface area contributed by atoms with Crippen molar-refractivity contribution in [2.24, 2.45) is 10.2 Å². The molecule has 2 aromatic rings. The molecule has 1 unspecified atom stereocenters. The fourth-order valence-electron chi connectivity index (χ4n) is 3.47. The van der Waals surface area contributed by atoms with E-state index in [9.17, 15) is 0 Å². The highest BCUT2D eigenvalue weighted by molar-refractivity contribution is 5.44. The first-order valence-corrected chi connectivity index (χ1v) is 12.3. The number of nitrogens with zero attached hydrogens (tertiary/aromatic N) is 2. The first kappa shape index (κ1) is 24.2. The molecule has 174 valence electrons. The van der Waals surface area contributed by atoms with Gasteiger partial charge in [-0.25, -0.2) is 0 Å². The average molecular weight is 439 g/mol. The topological polar surface area (TPSA) is 55.7 Å². The van der Waals surface area contributed by atoms with Gasteiger partial charge < -0.3 is 14.2 Å². The molecule has 1 aliphatic heterocycles. The van der Waals surface area contributed by atoms with E-state index in [0.29, 0.717) is 6.61 Å². The van der Waals surface area contributed by atoms with Crippen LogP contribution < -0.4 is 9.47 Å². The maximum absolute atomic E-state index is 5.86. The summed E-state index contributed by atoms with van der Waals surface area (Å²) in [5.41, 5.74) is 1.60. The van der Waals surface area contributed by atoms with Gasteiger partial charge in [0.1, 0.15) is 24.2 Å². The molecular formula is C27H38N2O3. The van der Waals surface area contributed by atoms with Gasteiger partial charge in [-0.1, -0.05) is 64.7 Å². The molecule has 0 amide bonds. The quantitative estimate of drug-likeness (QED) is 0.142. The summed E-state index contributed by atoms with van der Waals surface area (Å²) in [6, 6.07) is 15.4. The van der Waals surface area contributed by atoms with E-state index < -0.39 is 0 Å². The van der Waals surface area contributed by atoms with Crippen LogP contribution in [-0.2, 0) is 4.74 Å². The van der Waals surface area contributed by atoms with Crippen molar-refractivity contribution in [1.82, 2.24) is 0 Å². The lowest BCUT2D eigenvalue weighted by molar-refractivity contribution is 0.263. The third kappa shape index (κ3) is 10.3. The molecule has 5 nitrogen and oxygen atoms in total. The number of benzene rings is 2. The first-order valence-electron chi connectivity index (χ1n) is 12.3. The predicted octanol–water partition coefficient (Wildman–Crippen LogP) is 8.18. The van der Waals surface area contributed by atoms with Crippen LogP contribution in [0, 0.1) is 0 Å². The van der Waals surface area contributed by atoms with Gasteiger partial charge in [0.15, 0.2) is 0 Å². The fraction of sp³-hybridized carbons (Fsp3) is 0.556. The number of rotatable bonds is 17. The maximum Gasteiger partial charge on any atom is 0.119 e. The molecule has 1 saturated heterocycles. The number of ether oxygens (including phenoxy) is 3. The third-order valence-corrected chi connectivity index (χ3v) is 5.56. The Kier molecular flexibility index (Phi) is 11.1. The van der Waals surface area contributed by atoms with Crippen molar-refractivity contribution in [2.45, 2.75) is 77.2 Å². The number of unbranched alkanes of at least 4 members (excludes halogenated alkanes) is 9. The summed E-state index contributed by atoms with van der Waals surface area (Å²) in [6.07, 6.45) is 13.6. The molecule has 1 fully saturated rings. The van der Waals surface area contributed by atoms with Gasteiger partial charge in [0.2, 0.25) is 0 Å². The average Bonchev–Trinajstić information content (AvgIpc) is 3.66. The van der Waals surface area contributed by atoms with Crippen LogP contribution in [0.1, 0.15) is 71.1 Å². The molecule has 3 rings (SSSR count). The smallest absolute Gasteiger partial charge is 0.119 e. The van der Waals surface area contributed by atoms with Crippen LogP contribution in [0.2, 0.25) is 0 Å². The molecule has 2 aromatic carbocycles. The largest absolute Gasteiger partial charge is 0.494 e. The Balaban J connectivity index is 1.25. The van der Waals surface area contributed by atoms with Crippen LogP contribution in [-0.4, -0.2) is 25.9 Å². The molecule has 0 aliphatic carbocycles. The van der Waals surface area contributed by atoms with Crippen LogP contribution in [0.3, 0.4) is 0 Å². The monoisotopic (exact) mass is 438 g/mol. The van der Waals surface area contributed by atoms with Crippen LogP contribution in [0.4, 0.5) is 11.4 Å². The molecule has 5 heteroatoms.